The molecule has 0 radical (unpaired) electrons. The smallest absolute Gasteiger partial charge is 0.287 e. The number of aryl methyl sites for hydroxylation is 1. The van der Waals surface area contributed by atoms with Crippen LogP contribution in [-0.4, -0.2) is 43.3 Å². The van der Waals surface area contributed by atoms with Crippen molar-refractivity contribution in [3.63, 3.8) is 0 Å². The third kappa shape index (κ3) is 7.20. The molecule has 0 bridgehead atoms. The first-order valence-corrected chi connectivity index (χ1v) is 12.0. The summed E-state index contributed by atoms with van der Waals surface area (Å²) in [5.74, 6) is -0.651. The number of nitrogens with one attached hydrogen (secondary N) is 2. The van der Waals surface area contributed by atoms with Gasteiger partial charge in [0.2, 0.25) is 0 Å². The topological polar surface area (TPSA) is 103 Å². The lowest BCUT2D eigenvalue weighted by Gasteiger charge is -2.21. The maximum atomic E-state index is 13.0. The van der Waals surface area contributed by atoms with Crippen LogP contribution in [0.2, 0.25) is 0 Å². The maximum absolute atomic E-state index is 13.0. The zero-order chi connectivity index (χ0) is 26.8. The Morgan fingerprint density at radius 2 is 1.68 bits per heavy atom. The molecular weight excluding hydrogens is 468 g/mol. The van der Waals surface area contributed by atoms with Gasteiger partial charge >= 0.3 is 0 Å². The molecule has 0 heterocycles. The molecule has 8 heteroatoms. The second kappa shape index (κ2) is 12.9. The number of amides is 2. The second-order valence-electron chi connectivity index (χ2n) is 8.23. The van der Waals surface area contributed by atoms with Crippen LogP contribution in [0.1, 0.15) is 40.9 Å². The zero-order valence-corrected chi connectivity index (χ0v) is 21.5. The first-order chi connectivity index (χ1) is 17.9. The molecule has 0 fully saturated rings. The third-order valence-corrected chi connectivity index (χ3v) is 5.75. The van der Waals surface area contributed by atoms with Crippen LogP contribution in [0.4, 0.5) is 5.69 Å². The molecule has 0 atom stereocenters. The van der Waals surface area contributed by atoms with E-state index in [9.17, 15) is 14.7 Å². The maximum Gasteiger partial charge on any atom is 0.287 e. The lowest BCUT2D eigenvalue weighted by Crippen LogP contribution is -2.32. The van der Waals surface area contributed by atoms with Gasteiger partial charge < -0.3 is 20.1 Å². The number of phenolic OH excluding ortho intramolecular Hbond substituents is 1. The summed E-state index contributed by atoms with van der Waals surface area (Å²) in [6.45, 7) is 7.69. The molecule has 3 rings (SSSR count). The van der Waals surface area contributed by atoms with Gasteiger partial charge in [0.1, 0.15) is 5.70 Å². The van der Waals surface area contributed by atoms with E-state index in [1.807, 2.05) is 30.3 Å². The number of benzene rings is 3. The Balaban J connectivity index is 1.84. The van der Waals surface area contributed by atoms with E-state index < -0.39 is 11.8 Å². The van der Waals surface area contributed by atoms with Gasteiger partial charge in [-0.15, -0.1) is 0 Å². The van der Waals surface area contributed by atoms with Gasteiger partial charge in [-0.05, 0) is 79.9 Å². The number of nitrogens with zero attached hydrogens (tertiary/aromatic N) is 2. The molecule has 8 nitrogen and oxygen atoms in total. The van der Waals surface area contributed by atoms with Crippen LogP contribution in [0, 0.1) is 6.92 Å². The average Bonchev–Trinajstić information content (AvgIpc) is 2.92. The number of carbonyl (C=O) groups excluding carboxylic acids is 2. The van der Waals surface area contributed by atoms with Crippen molar-refractivity contribution in [3.05, 3.63) is 94.7 Å². The van der Waals surface area contributed by atoms with E-state index in [0.717, 1.165) is 24.3 Å². The number of rotatable bonds is 10. The molecule has 0 aliphatic rings. The molecule has 3 aromatic rings. The zero-order valence-electron chi connectivity index (χ0n) is 21.5. The van der Waals surface area contributed by atoms with Gasteiger partial charge in [0.25, 0.3) is 11.8 Å². The monoisotopic (exact) mass is 500 g/mol. The summed E-state index contributed by atoms with van der Waals surface area (Å²) >= 11 is 0. The normalized spacial score (nSPS) is 11.3. The van der Waals surface area contributed by atoms with Crippen LogP contribution in [0.3, 0.4) is 0 Å². The van der Waals surface area contributed by atoms with Crippen molar-refractivity contribution < 1.29 is 19.4 Å². The highest BCUT2D eigenvalue weighted by molar-refractivity contribution is 6.05. The predicted octanol–water partition coefficient (Wildman–Crippen LogP) is 4.48. The van der Waals surface area contributed by atoms with Gasteiger partial charge in [-0.25, -0.2) is 5.43 Å². The summed E-state index contributed by atoms with van der Waals surface area (Å²) < 4.78 is 5.16. The Bertz CT molecular complexity index is 1280. The standard InChI is InChI=1S/C29H32N4O4/c1-5-33(6-2)24-14-12-21(13-15-24)17-25(31-28(35)23-10-8-7-9-11-23)29(36)32-30-19-22-16-20(3)27(34)26(18-22)37-4/h7-19,34H,5-6H2,1-4H3,(H,31,35)(H,32,36)/b25-17+,30-19+. The van der Waals surface area contributed by atoms with Gasteiger partial charge in [-0.1, -0.05) is 30.3 Å². The van der Waals surface area contributed by atoms with E-state index in [-0.39, 0.29) is 11.4 Å². The molecule has 0 aromatic heterocycles. The lowest BCUT2D eigenvalue weighted by molar-refractivity contribution is -0.117. The summed E-state index contributed by atoms with van der Waals surface area (Å²) in [6.07, 6.45) is 3.04. The fourth-order valence-corrected chi connectivity index (χ4v) is 3.71. The highest BCUT2D eigenvalue weighted by Gasteiger charge is 2.15. The van der Waals surface area contributed by atoms with Crippen LogP contribution in [-0.2, 0) is 4.79 Å². The highest BCUT2D eigenvalue weighted by atomic mass is 16.5. The molecule has 0 aliphatic heterocycles. The SMILES string of the molecule is CCN(CC)c1ccc(/C=C(/NC(=O)c2ccccc2)C(=O)N/N=C/c2cc(C)c(O)c(OC)c2)cc1. The number of hydrogen-bond acceptors (Lipinski definition) is 6. The van der Waals surface area contributed by atoms with E-state index in [1.165, 1.54) is 13.3 Å². The van der Waals surface area contributed by atoms with Crippen LogP contribution in [0.15, 0.2) is 77.5 Å². The minimum absolute atomic E-state index is 0.0426. The Morgan fingerprint density at radius 1 is 1.00 bits per heavy atom. The summed E-state index contributed by atoms with van der Waals surface area (Å²) in [7, 11) is 1.46. The van der Waals surface area contributed by atoms with Crippen molar-refractivity contribution >= 4 is 29.8 Å². The number of aromatic hydroxyl groups is 1. The van der Waals surface area contributed by atoms with Crippen molar-refractivity contribution in [2.24, 2.45) is 5.10 Å². The highest BCUT2D eigenvalue weighted by Crippen LogP contribution is 2.30. The van der Waals surface area contributed by atoms with Crippen LogP contribution < -0.4 is 20.4 Å². The molecule has 2 amide bonds. The minimum Gasteiger partial charge on any atom is -0.504 e. The molecule has 3 N–H and O–H groups in total. The molecule has 192 valence electrons. The first-order valence-electron chi connectivity index (χ1n) is 12.0. The Morgan fingerprint density at radius 3 is 2.30 bits per heavy atom. The summed E-state index contributed by atoms with van der Waals surface area (Å²) in [6, 6.07) is 19.7. The minimum atomic E-state index is -0.587. The number of ether oxygens (including phenoxy) is 1. The molecule has 0 unspecified atom stereocenters. The summed E-state index contributed by atoms with van der Waals surface area (Å²) in [5, 5.41) is 16.7. The Labute approximate surface area is 217 Å². The molecule has 3 aromatic carbocycles. The van der Waals surface area contributed by atoms with E-state index in [0.29, 0.717) is 22.4 Å². The van der Waals surface area contributed by atoms with Gasteiger partial charge in [0, 0.05) is 24.3 Å². The van der Waals surface area contributed by atoms with Gasteiger partial charge in [0.15, 0.2) is 11.5 Å². The van der Waals surface area contributed by atoms with Gasteiger partial charge in [-0.2, -0.15) is 5.10 Å². The largest absolute Gasteiger partial charge is 0.504 e. The number of anilines is 1. The quantitative estimate of drug-likeness (QED) is 0.216. The number of methoxy groups -OCH3 is 1. The predicted molar refractivity (Wildman–Crippen MR) is 147 cm³/mol. The van der Waals surface area contributed by atoms with E-state index >= 15 is 0 Å². The third-order valence-electron chi connectivity index (χ3n) is 5.75. The lowest BCUT2D eigenvalue weighted by atomic mass is 10.1. The first kappa shape index (κ1) is 27.0. The van der Waals surface area contributed by atoms with Gasteiger partial charge in [0.05, 0.1) is 13.3 Å². The molecular formula is C29H32N4O4. The van der Waals surface area contributed by atoms with Crippen LogP contribution >= 0.6 is 0 Å². The Hall–Kier alpha value is -4.59. The number of carbonyl (C=O) groups is 2. The van der Waals surface area contributed by atoms with E-state index in [4.69, 9.17) is 4.74 Å². The van der Waals surface area contributed by atoms with Crippen LogP contribution in [0.25, 0.3) is 6.08 Å². The molecule has 0 spiro atoms. The van der Waals surface area contributed by atoms with E-state index in [2.05, 4.69) is 34.6 Å². The molecule has 0 aliphatic carbocycles. The number of hydrazone groups is 1. The number of hydrogen-bond donors (Lipinski definition) is 3. The van der Waals surface area contributed by atoms with Crippen molar-refractivity contribution in [1.29, 1.82) is 0 Å². The molecule has 37 heavy (non-hydrogen) atoms. The summed E-state index contributed by atoms with van der Waals surface area (Å²) in [5.41, 5.74) is 5.98. The van der Waals surface area contributed by atoms with Crippen molar-refractivity contribution in [1.82, 2.24) is 10.7 Å². The van der Waals surface area contributed by atoms with Crippen molar-refractivity contribution in [2.45, 2.75) is 20.8 Å². The fraction of sp³-hybridized carbons (Fsp3) is 0.207. The van der Waals surface area contributed by atoms with Crippen molar-refractivity contribution in [2.75, 3.05) is 25.1 Å². The second-order valence-corrected chi connectivity index (χ2v) is 8.23. The van der Waals surface area contributed by atoms with Gasteiger partial charge in [-0.3, -0.25) is 9.59 Å². The fourth-order valence-electron chi connectivity index (χ4n) is 3.71. The average molecular weight is 501 g/mol. The van der Waals surface area contributed by atoms with Crippen molar-refractivity contribution in [3.8, 4) is 11.5 Å². The summed E-state index contributed by atoms with van der Waals surface area (Å²) in [4.78, 5) is 28.0. The Kier molecular flexibility index (Phi) is 9.43. The number of phenols is 1. The van der Waals surface area contributed by atoms with Crippen LogP contribution in [0.5, 0.6) is 11.5 Å². The van der Waals surface area contributed by atoms with E-state index in [1.54, 1.807) is 49.4 Å². The molecule has 0 saturated heterocycles. The molecule has 0 saturated carbocycles.